The molecular formula is C25H21NO5. The Morgan fingerprint density at radius 1 is 0.871 bits per heavy atom. The zero-order valence-corrected chi connectivity index (χ0v) is 17.1. The van der Waals surface area contributed by atoms with E-state index >= 15 is 0 Å². The largest absolute Gasteiger partial charge is 0.507 e. The lowest BCUT2D eigenvalue weighted by Gasteiger charge is -2.25. The fourth-order valence-electron chi connectivity index (χ4n) is 3.80. The average Bonchev–Trinajstić information content (AvgIpc) is 3.09. The normalized spacial score (nSPS) is 17.6. The van der Waals surface area contributed by atoms with Gasteiger partial charge in [-0.05, 0) is 29.8 Å². The van der Waals surface area contributed by atoms with E-state index in [1.807, 2.05) is 30.3 Å². The van der Waals surface area contributed by atoms with Crippen LogP contribution in [0.15, 0.2) is 84.4 Å². The van der Waals surface area contributed by atoms with Gasteiger partial charge in [0.1, 0.15) is 17.3 Å². The number of aliphatic hydroxyl groups is 1. The van der Waals surface area contributed by atoms with Crippen LogP contribution in [0.5, 0.6) is 11.5 Å². The van der Waals surface area contributed by atoms with Gasteiger partial charge in [-0.3, -0.25) is 14.5 Å². The maximum absolute atomic E-state index is 13.2. The number of rotatable bonds is 5. The number of ether oxygens (including phenoxy) is 2. The molecule has 156 valence electrons. The molecule has 0 saturated carbocycles. The van der Waals surface area contributed by atoms with Crippen molar-refractivity contribution in [2.75, 3.05) is 19.1 Å². The third-order valence-electron chi connectivity index (χ3n) is 5.25. The van der Waals surface area contributed by atoms with Gasteiger partial charge >= 0.3 is 0 Å². The van der Waals surface area contributed by atoms with Crippen molar-refractivity contribution in [3.63, 3.8) is 0 Å². The fraction of sp³-hybridized carbons (Fsp3) is 0.120. The molecule has 4 rings (SSSR count). The van der Waals surface area contributed by atoms with Crippen LogP contribution in [0.1, 0.15) is 17.2 Å². The number of ketones is 1. The number of aliphatic hydroxyl groups excluding tert-OH is 1. The van der Waals surface area contributed by atoms with E-state index in [2.05, 4.69) is 0 Å². The molecule has 1 unspecified atom stereocenters. The Morgan fingerprint density at radius 3 is 2.29 bits per heavy atom. The number of nitrogens with zero attached hydrogens (tertiary/aromatic N) is 1. The number of carbonyl (C=O) groups is 2. The molecule has 1 amide bonds. The van der Waals surface area contributed by atoms with Crippen molar-refractivity contribution < 1.29 is 24.2 Å². The minimum Gasteiger partial charge on any atom is -0.507 e. The number of carbonyl (C=O) groups excluding carboxylic acids is 2. The van der Waals surface area contributed by atoms with E-state index in [0.29, 0.717) is 28.3 Å². The highest BCUT2D eigenvalue weighted by molar-refractivity contribution is 6.51. The number of benzene rings is 3. The van der Waals surface area contributed by atoms with Gasteiger partial charge in [0.05, 0.1) is 31.4 Å². The van der Waals surface area contributed by atoms with Crippen LogP contribution in [0.3, 0.4) is 0 Å². The summed E-state index contributed by atoms with van der Waals surface area (Å²) in [5.74, 6) is -0.816. The minimum absolute atomic E-state index is 0.00326. The van der Waals surface area contributed by atoms with Crippen molar-refractivity contribution in [3.05, 3.63) is 95.6 Å². The molecule has 6 heteroatoms. The molecule has 0 radical (unpaired) electrons. The Hall–Kier alpha value is -4.06. The molecule has 0 aromatic heterocycles. The van der Waals surface area contributed by atoms with E-state index in [-0.39, 0.29) is 11.3 Å². The second-order valence-electron chi connectivity index (χ2n) is 6.98. The smallest absolute Gasteiger partial charge is 0.300 e. The number of hydrogen-bond acceptors (Lipinski definition) is 5. The number of anilines is 1. The summed E-state index contributed by atoms with van der Waals surface area (Å²) in [5, 5.41) is 11.2. The van der Waals surface area contributed by atoms with Gasteiger partial charge in [0, 0.05) is 11.8 Å². The molecular weight excluding hydrogens is 394 g/mol. The summed E-state index contributed by atoms with van der Waals surface area (Å²) in [7, 11) is 3.01. The van der Waals surface area contributed by atoms with E-state index in [1.54, 1.807) is 48.5 Å². The molecule has 31 heavy (non-hydrogen) atoms. The summed E-state index contributed by atoms with van der Waals surface area (Å²) < 4.78 is 10.6. The maximum Gasteiger partial charge on any atom is 0.300 e. The van der Waals surface area contributed by atoms with Crippen molar-refractivity contribution in [2.45, 2.75) is 6.04 Å². The lowest BCUT2D eigenvalue weighted by molar-refractivity contribution is -0.132. The molecule has 3 aromatic rings. The van der Waals surface area contributed by atoms with Crippen LogP contribution in [0.25, 0.3) is 5.76 Å². The Bertz CT molecular complexity index is 1170. The lowest BCUT2D eigenvalue weighted by atomic mass is 9.95. The van der Waals surface area contributed by atoms with Crippen molar-refractivity contribution in [2.24, 2.45) is 0 Å². The fourth-order valence-corrected chi connectivity index (χ4v) is 3.80. The quantitative estimate of drug-likeness (QED) is 0.381. The summed E-state index contributed by atoms with van der Waals surface area (Å²) >= 11 is 0. The lowest BCUT2D eigenvalue weighted by Crippen LogP contribution is -2.29. The molecule has 1 aliphatic heterocycles. The highest BCUT2D eigenvalue weighted by Gasteiger charge is 2.47. The van der Waals surface area contributed by atoms with Crippen molar-refractivity contribution in [1.29, 1.82) is 0 Å². The van der Waals surface area contributed by atoms with E-state index in [4.69, 9.17) is 9.47 Å². The zero-order chi connectivity index (χ0) is 22.0. The second-order valence-corrected chi connectivity index (χ2v) is 6.98. The molecule has 1 fully saturated rings. The first kappa shape index (κ1) is 20.2. The predicted octanol–water partition coefficient (Wildman–Crippen LogP) is 4.33. The Balaban J connectivity index is 1.96. The van der Waals surface area contributed by atoms with Crippen molar-refractivity contribution in [3.8, 4) is 11.5 Å². The standard InChI is InChI=1S/C25H21NO5/c1-30-18-12-8-11-17(15-18)26-22(16-9-4-3-5-10-16)21(24(28)25(26)29)23(27)19-13-6-7-14-20(19)31-2/h3-15,22,27H,1-2H3/b23-21+. The predicted molar refractivity (Wildman–Crippen MR) is 117 cm³/mol. The summed E-state index contributed by atoms with van der Waals surface area (Å²) in [6.45, 7) is 0. The van der Waals surface area contributed by atoms with Gasteiger partial charge < -0.3 is 14.6 Å². The Kier molecular flexibility index (Phi) is 5.45. The molecule has 6 nitrogen and oxygen atoms in total. The monoisotopic (exact) mass is 415 g/mol. The number of hydrogen-bond donors (Lipinski definition) is 1. The molecule has 1 heterocycles. The van der Waals surface area contributed by atoms with Crippen LogP contribution in [0.4, 0.5) is 5.69 Å². The van der Waals surface area contributed by atoms with E-state index < -0.39 is 17.7 Å². The van der Waals surface area contributed by atoms with E-state index in [0.717, 1.165) is 0 Å². The first-order chi connectivity index (χ1) is 15.1. The van der Waals surface area contributed by atoms with Gasteiger partial charge in [0.25, 0.3) is 11.7 Å². The van der Waals surface area contributed by atoms with Gasteiger partial charge in [-0.1, -0.05) is 48.5 Å². The Labute approximate surface area is 180 Å². The van der Waals surface area contributed by atoms with Gasteiger partial charge in [-0.2, -0.15) is 0 Å². The first-order valence-electron chi connectivity index (χ1n) is 9.70. The third-order valence-corrected chi connectivity index (χ3v) is 5.25. The van der Waals surface area contributed by atoms with Gasteiger partial charge in [-0.25, -0.2) is 0 Å². The summed E-state index contributed by atoms with van der Waals surface area (Å²) in [6, 6.07) is 22.1. The zero-order valence-electron chi connectivity index (χ0n) is 17.1. The summed E-state index contributed by atoms with van der Waals surface area (Å²) in [6.07, 6.45) is 0. The van der Waals surface area contributed by atoms with Crippen LogP contribution >= 0.6 is 0 Å². The third kappa shape index (κ3) is 3.53. The number of amides is 1. The van der Waals surface area contributed by atoms with Crippen LogP contribution < -0.4 is 14.4 Å². The van der Waals surface area contributed by atoms with Gasteiger partial charge in [-0.15, -0.1) is 0 Å². The van der Waals surface area contributed by atoms with Gasteiger partial charge in [0.15, 0.2) is 0 Å². The van der Waals surface area contributed by atoms with Gasteiger partial charge in [0.2, 0.25) is 0 Å². The second kappa shape index (κ2) is 8.36. The molecule has 0 aliphatic carbocycles. The summed E-state index contributed by atoms with van der Waals surface area (Å²) in [4.78, 5) is 27.7. The van der Waals surface area contributed by atoms with Crippen LogP contribution in [-0.2, 0) is 9.59 Å². The number of Topliss-reactive ketones (excluding diaryl/α,β-unsaturated/α-hetero) is 1. The molecule has 3 aromatic carbocycles. The van der Waals surface area contributed by atoms with Crippen LogP contribution in [0.2, 0.25) is 0 Å². The average molecular weight is 415 g/mol. The maximum atomic E-state index is 13.2. The molecule has 1 aliphatic rings. The van der Waals surface area contributed by atoms with E-state index in [9.17, 15) is 14.7 Å². The topological polar surface area (TPSA) is 76.1 Å². The molecule has 0 bridgehead atoms. The molecule has 1 N–H and O–H groups in total. The summed E-state index contributed by atoms with van der Waals surface area (Å²) in [5.41, 5.74) is 1.54. The van der Waals surface area contributed by atoms with Crippen LogP contribution in [0, 0.1) is 0 Å². The number of para-hydroxylation sites is 1. The molecule has 0 spiro atoms. The first-order valence-corrected chi connectivity index (χ1v) is 9.70. The highest BCUT2D eigenvalue weighted by Crippen LogP contribution is 2.43. The van der Waals surface area contributed by atoms with E-state index in [1.165, 1.54) is 19.1 Å². The van der Waals surface area contributed by atoms with Crippen molar-refractivity contribution >= 4 is 23.1 Å². The minimum atomic E-state index is -0.807. The van der Waals surface area contributed by atoms with Crippen molar-refractivity contribution in [1.82, 2.24) is 0 Å². The SMILES string of the molecule is COc1cccc(N2C(=O)C(=O)/C(=C(/O)c3ccccc3OC)C2c2ccccc2)c1. The Morgan fingerprint density at radius 2 is 1.58 bits per heavy atom. The number of methoxy groups -OCH3 is 2. The molecule has 1 saturated heterocycles. The molecule has 1 atom stereocenters. The van der Waals surface area contributed by atoms with Crippen LogP contribution in [-0.4, -0.2) is 31.0 Å². The highest BCUT2D eigenvalue weighted by atomic mass is 16.5.